The molecular formula is C22H24FN3O3. The van der Waals surface area contributed by atoms with Crippen LogP contribution >= 0.6 is 0 Å². The van der Waals surface area contributed by atoms with Crippen LogP contribution in [0, 0.1) is 5.82 Å². The molecule has 1 unspecified atom stereocenters. The number of hydrogen-bond acceptors (Lipinski definition) is 4. The summed E-state index contributed by atoms with van der Waals surface area (Å²) in [6.45, 7) is 2.52. The zero-order chi connectivity index (χ0) is 20.8. The van der Waals surface area contributed by atoms with Gasteiger partial charge in [0.05, 0.1) is 18.2 Å². The van der Waals surface area contributed by atoms with Crippen LogP contribution in [-0.2, 0) is 16.1 Å². The standard InChI is InChI=1S/C22H24FN3O3/c1-3-29-21(27)19-18(14-26(2)13-16-11-7-8-12-17(16)23)24-22(28)25-20(19)15-9-5-4-6-10-15/h4-12,20H,3,13-14H2,1-2H3,(H2,24,25,28). The number of nitrogens with one attached hydrogen (secondary N) is 2. The maximum Gasteiger partial charge on any atom is 0.338 e. The number of nitrogens with zero attached hydrogens (tertiary/aromatic N) is 1. The van der Waals surface area contributed by atoms with Gasteiger partial charge in [0.15, 0.2) is 0 Å². The summed E-state index contributed by atoms with van der Waals surface area (Å²) in [7, 11) is 1.80. The summed E-state index contributed by atoms with van der Waals surface area (Å²) in [5, 5.41) is 5.53. The first-order valence-corrected chi connectivity index (χ1v) is 9.44. The highest BCUT2D eigenvalue weighted by atomic mass is 19.1. The van der Waals surface area contributed by atoms with Gasteiger partial charge < -0.3 is 15.4 Å². The second-order valence-corrected chi connectivity index (χ2v) is 6.82. The molecule has 2 aromatic carbocycles. The molecule has 0 saturated carbocycles. The van der Waals surface area contributed by atoms with E-state index >= 15 is 0 Å². The van der Waals surface area contributed by atoms with Crippen molar-refractivity contribution in [3.05, 3.63) is 82.8 Å². The Hall–Kier alpha value is -3.19. The first kappa shape index (κ1) is 20.5. The quantitative estimate of drug-likeness (QED) is 0.705. The second kappa shape index (κ2) is 9.34. The summed E-state index contributed by atoms with van der Waals surface area (Å²) < 4.78 is 19.2. The van der Waals surface area contributed by atoms with Crippen molar-refractivity contribution in [2.45, 2.75) is 19.5 Å². The zero-order valence-corrected chi connectivity index (χ0v) is 16.4. The van der Waals surface area contributed by atoms with Crippen LogP contribution in [0.5, 0.6) is 0 Å². The Morgan fingerprint density at radius 2 is 1.79 bits per heavy atom. The molecule has 29 heavy (non-hydrogen) atoms. The minimum atomic E-state index is -0.624. The number of esters is 1. The number of likely N-dealkylation sites (N-methyl/N-ethyl adjacent to an activating group) is 1. The van der Waals surface area contributed by atoms with E-state index < -0.39 is 18.0 Å². The zero-order valence-electron chi connectivity index (χ0n) is 16.4. The van der Waals surface area contributed by atoms with Gasteiger partial charge in [0.2, 0.25) is 0 Å². The van der Waals surface area contributed by atoms with Crippen molar-refractivity contribution in [3.8, 4) is 0 Å². The van der Waals surface area contributed by atoms with Crippen molar-refractivity contribution in [1.82, 2.24) is 15.5 Å². The first-order valence-electron chi connectivity index (χ1n) is 9.44. The van der Waals surface area contributed by atoms with E-state index in [9.17, 15) is 14.0 Å². The Morgan fingerprint density at radius 3 is 2.48 bits per heavy atom. The molecule has 2 N–H and O–H groups in total. The van der Waals surface area contributed by atoms with E-state index in [-0.39, 0.29) is 19.0 Å². The average molecular weight is 397 g/mol. The Bertz CT molecular complexity index is 915. The van der Waals surface area contributed by atoms with Crippen LogP contribution in [0.2, 0.25) is 0 Å². The molecule has 1 aliphatic heterocycles. The Balaban J connectivity index is 1.92. The van der Waals surface area contributed by atoms with Crippen molar-refractivity contribution in [1.29, 1.82) is 0 Å². The largest absolute Gasteiger partial charge is 0.463 e. The number of ether oxygens (including phenoxy) is 1. The molecule has 0 spiro atoms. The molecule has 2 aromatic rings. The highest BCUT2D eigenvalue weighted by Gasteiger charge is 2.33. The van der Waals surface area contributed by atoms with Gasteiger partial charge in [-0.1, -0.05) is 48.5 Å². The van der Waals surface area contributed by atoms with Gasteiger partial charge in [-0.25, -0.2) is 14.0 Å². The Morgan fingerprint density at radius 1 is 1.10 bits per heavy atom. The van der Waals surface area contributed by atoms with Crippen LogP contribution in [-0.4, -0.2) is 37.1 Å². The summed E-state index contributed by atoms with van der Waals surface area (Å²) in [5.41, 5.74) is 2.10. The number of hydrogen-bond donors (Lipinski definition) is 2. The van der Waals surface area contributed by atoms with Gasteiger partial charge in [0, 0.05) is 24.4 Å². The van der Waals surface area contributed by atoms with E-state index in [0.717, 1.165) is 5.56 Å². The third kappa shape index (κ3) is 5.00. The maximum absolute atomic E-state index is 14.0. The second-order valence-electron chi connectivity index (χ2n) is 6.82. The van der Waals surface area contributed by atoms with E-state index in [2.05, 4.69) is 10.6 Å². The Kier molecular flexibility index (Phi) is 6.61. The molecule has 0 bridgehead atoms. The van der Waals surface area contributed by atoms with E-state index in [4.69, 9.17) is 4.74 Å². The van der Waals surface area contributed by atoms with E-state index in [1.165, 1.54) is 6.07 Å². The first-order chi connectivity index (χ1) is 14.0. The predicted octanol–water partition coefficient (Wildman–Crippen LogP) is 3.13. The number of urea groups is 1. The molecule has 0 aliphatic carbocycles. The van der Waals surface area contributed by atoms with Gasteiger partial charge in [-0.2, -0.15) is 0 Å². The topological polar surface area (TPSA) is 70.7 Å². The lowest BCUT2D eigenvalue weighted by atomic mass is 9.95. The molecule has 0 saturated heterocycles. The minimum absolute atomic E-state index is 0.218. The fraction of sp³-hybridized carbons (Fsp3) is 0.273. The lowest BCUT2D eigenvalue weighted by Gasteiger charge is -2.31. The molecule has 0 aromatic heterocycles. The van der Waals surface area contributed by atoms with Crippen molar-refractivity contribution in [2.75, 3.05) is 20.2 Å². The lowest BCUT2D eigenvalue weighted by molar-refractivity contribution is -0.139. The number of rotatable bonds is 7. The van der Waals surface area contributed by atoms with Gasteiger partial charge >= 0.3 is 12.0 Å². The van der Waals surface area contributed by atoms with Crippen molar-refractivity contribution < 1.29 is 18.7 Å². The summed E-state index contributed by atoms with van der Waals surface area (Å²) >= 11 is 0. The van der Waals surface area contributed by atoms with Crippen molar-refractivity contribution >= 4 is 12.0 Å². The maximum atomic E-state index is 14.0. The summed E-state index contributed by atoms with van der Waals surface area (Å²) in [6, 6.07) is 14.7. The summed E-state index contributed by atoms with van der Waals surface area (Å²) in [6.07, 6.45) is 0. The summed E-state index contributed by atoms with van der Waals surface area (Å²) in [5.74, 6) is -0.793. The number of benzene rings is 2. The van der Waals surface area contributed by atoms with Crippen LogP contribution < -0.4 is 10.6 Å². The fourth-order valence-corrected chi connectivity index (χ4v) is 3.33. The third-order valence-electron chi connectivity index (χ3n) is 4.61. The fourth-order valence-electron chi connectivity index (χ4n) is 3.33. The van der Waals surface area contributed by atoms with Gasteiger partial charge in [-0.3, -0.25) is 4.90 Å². The van der Waals surface area contributed by atoms with E-state index in [1.807, 2.05) is 35.2 Å². The van der Waals surface area contributed by atoms with Gasteiger partial charge in [-0.05, 0) is 25.6 Å². The van der Waals surface area contributed by atoms with Crippen LogP contribution in [0.1, 0.15) is 24.1 Å². The van der Waals surface area contributed by atoms with Crippen LogP contribution in [0.3, 0.4) is 0 Å². The monoisotopic (exact) mass is 397 g/mol. The minimum Gasteiger partial charge on any atom is -0.463 e. The molecule has 6 nitrogen and oxygen atoms in total. The summed E-state index contributed by atoms with van der Waals surface area (Å²) in [4.78, 5) is 26.9. The smallest absolute Gasteiger partial charge is 0.338 e. The molecule has 7 heteroatoms. The van der Waals surface area contributed by atoms with Crippen molar-refractivity contribution in [3.63, 3.8) is 0 Å². The normalized spacial score (nSPS) is 16.4. The molecule has 2 amide bonds. The Labute approximate surface area is 169 Å². The number of carbonyl (C=O) groups excluding carboxylic acids is 2. The van der Waals surface area contributed by atoms with Gasteiger partial charge in [-0.15, -0.1) is 0 Å². The lowest BCUT2D eigenvalue weighted by Crippen LogP contribution is -2.48. The van der Waals surface area contributed by atoms with E-state index in [0.29, 0.717) is 23.4 Å². The SMILES string of the molecule is CCOC(=O)C1=C(CN(C)Cc2ccccc2F)NC(=O)NC1c1ccccc1. The number of amides is 2. The van der Waals surface area contributed by atoms with Crippen molar-refractivity contribution in [2.24, 2.45) is 0 Å². The molecule has 0 radical (unpaired) electrons. The molecule has 1 aliphatic rings. The highest BCUT2D eigenvalue weighted by molar-refractivity contribution is 5.95. The van der Waals surface area contributed by atoms with Gasteiger partial charge in [0.25, 0.3) is 0 Å². The van der Waals surface area contributed by atoms with Crippen LogP contribution in [0.25, 0.3) is 0 Å². The van der Waals surface area contributed by atoms with Crippen LogP contribution in [0.4, 0.5) is 9.18 Å². The third-order valence-corrected chi connectivity index (χ3v) is 4.61. The predicted molar refractivity (Wildman–Crippen MR) is 107 cm³/mol. The number of halogens is 1. The molecule has 0 fully saturated rings. The van der Waals surface area contributed by atoms with Gasteiger partial charge in [0.1, 0.15) is 5.82 Å². The average Bonchev–Trinajstić information content (AvgIpc) is 2.70. The van der Waals surface area contributed by atoms with Crippen LogP contribution in [0.15, 0.2) is 65.9 Å². The molecule has 1 atom stereocenters. The van der Waals surface area contributed by atoms with E-state index in [1.54, 1.807) is 32.2 Å². The molecule has 3 rings (SSSR count). The number of carbonyl (C=O) groups is 2. The molecule has 152 valence electrons. The highest BCUT2D eigenvalue weighted by Crippen LogP contribution is 2.28. The molecule has 1 heterocycles. The molecular weight excluding hydrogens is 373 g/mol.